The Kier molecular flexibility index (Phi) is 6.54. The highest BCUT2D eigenvalue weighted by Crippen LogP contribution is 2.70. The molecule has 37 heavy (non-hydrogen) atoms. The van der Waals surface area contributed by atoms with Crippen molar-refractivity contribution in [3.05, 3.63) is 11.1 Å². The van der Waals surface area contributed by atoms with Gasteiger partial charge < -0.3 is 10.2 Å². The molecule has 0 aromatic rings. The van der Waals surface area contributed by atoms with Crippen molar-refractivity contribution in [3.8, 4) is 0 Å². The number of aliphatic hydroxyl groups is 1. The van der Waals surface area contributed by atoms with Gasteiger partial charge in [0.15, 0.2) is 5.78 Å². The predicted octanol–water partition coefficient (Wildman–Crippen LogP) is 4.34. The maximum absolute atomic E-state index is 14.0. The molecule has 0 aromatic heterocycles. The number of carbonyl (C=O) groups is 5. The van der Waals surface area contributed by atoms with E-state index in [4.69, 9.17) is 0 Å². The summed E-state index contributed by atoms with van der Waals surface area (Å²) in [4.78, 5) is 64.6. The molecule has 0 bridgehead atoms. The molecule has 7 nitrogen and oxygen atoms in total. The van der Waals surface area contributed by atoms with Crippen LogP contribution in [0.5, 0.6) is 0 Å². The Balaban J connectivity index is 1.75. The van der Waals surface area contributed by atoms with Gasteiger partial charge in [-0.1, -0.05) is 41.5 Å². The van der Waals surface area contributed by atoms with Crippen LogP contribution in [0, 0.1) is 45.3 Å². The quantitative estimate of drug-likeness (QED) is 0.540. The monoisotopic (exact) mass is 514 g/mol. The average Bonchev–Trinajstić information content (AvgIpc) is 2.99. The van der Waals surface area contributed by atoms with Gasteiger partial charge in [-0.2, -0.15) is 0 Å². The number of ketones is 4. The van der Waals surface area contributed by atoms with Crippen LogP contribution in [0.4, 0.5) is 0 Å². The topological polar surface area (TPSA) is 126 Å². The van der Waals surface area contributed by atoms with Gasteiger partial charge in [0.25, 0.3) is 0 Å². The highest BCUT2D eigenvalue weighted by atomic mass is 16.4. The molecule has 2 fully saturated rings. The van der Waals surface area contributed by atoms with Crippen molar-refractivity contribution in [1.29, 1.82) is 0 Å². The molecule has 4 aliphatic rings. The molecule has 8 atom stereocenters. The fourth-order valence-electron chi connectivity index (χ4n) is 8.93. The van der Waals surface area contributed by atoms with Crippen LogP contribution in [-0.2, 0) is 24.0 Å². The fraction of sp³-hybridized carbons (Fsp3) is 0.767. The normalized spacial score (nSPS) is 40.5. The lowest BCUT2D eigenvalue weighted by Crippen LogP contribution is -2.60. The van der Waals surface area contributed by atoms with Gasteiger partial charge in [0.2, 0.25) is 0 Å². The molecule has 0 radical (unpaired) electrons. The van der Waals surface area contributed by atoms with E-state index in [9.17, 15) is 34.2 Å². The van der Waals surface area contributed by atoms with Crippen molar-refractivity contribution < 1.29 is 34.2 Å². The maximum Gasteiger partial charge on any atom is 0.306 e. The first-order valence-corrected chi connectivity index (χ1v) is 13.7. The summed E-state index contributed by atoms with van der Waals surface area (Å²) >= 11 is 0. The van der Waals surface area contributed by atoms with E-state index in [2.05, 4.69) is 0 Å². The molecule has 7 heteroatoms. The van der Waals surface area contributed by atoms with E-state index in [1.807, 2.05) is 41.5 Å². The Morgan fingerprint density at radius 1 is 1.00 bits per heavy atom. The van der Waals surface area contributed by atoms with Crippen LogP contribution >= 0.6 is 0 Å². The van der Waals surface area contributed by atoms with Crippen LogP contribution in [0.3, 0.4) is 0 Å². The average molecular weight is 515 g/mol. The lowest BCUT2D eigenvalue weighted by molar-refractivity contribution is -0.147. The molecule has 0 aliphatic heterocycles. The van der Waals surface area contributed by atoms with Crippen LogP contribution in [0.2, 0.25) is 0 Å². The first kappa shape index (κ1) is 27.9. The van der Waals surface area contributed by atoms with E-state index in [0.717, 1.165) is 0 Å². The summed E-state index contributed by atoms with van der Waals surface area (Å²) in [6, 6.07) is 0. The minimum atomic E-state index is -1.04. The van der Waals surface area contributed by atoms with Crippen LogP contribution in [0.25, 0.3) is 0 Å². The van der Waals surface area contributed by atoms with E-state index in [1.165, 1.54) is 6.92 Å². The molecule has 0 heterocycles. The SMILES string of the molecule is C[C@H](CC(=O)C[C@H](C)[C@H]1CC(=O)[C@@]2(C)C3=C(C(=O)C[C@]12C)[C@@]1(C)CCC(=O)C(C)(C)[C@@H]1C[C@@H]3O)C(=O)O. The van der Waals surface area contributed by atoms with Gasteiger partial charge in [0, 0.05) is 48.5 Å². The highest BCUT2D eigenvalue weighted by Gasteiger charge is 2.70. The molecule has 4 rings (SSSR count). The Hall–Kier alpha value is -2.15. The molecule has 4 aliphatic carbocycles. The van der Waals surface area contributed by atoms with E-state index in [1.54, 1.807) is 0 Å². The second kappa shape index (κ2) is 8.69. The third-order valence-electron chi connectivity index (χ3n) is 11.3. The zero-order valence-corrected chi connectivity index (χ0v) is 23.3. The first-order valence-electron chi connectivity index (χ1n) is 13.7. The lowest BCUT2D eigenvalue weighted by Gasteiger charge is -2.60. The minimum absolute atomic E-state index is 0.00884. The summed E-state index contributed by atoms with van der Waals surface area (Å²) in [5.41, 5.74) is -1.92. The largest absolute Gasteiger partial charge is 0.481 e. The Bertz CT molecular complexity index is 1110. The highest BCUT2D eigenvalue weighted by molar-refractivity contribution is 6.05. The number of fused-ring (bicyclic) bond motifs is 4. The van der Waals surface area contributed by atoms with Crippen molar-refractivity contribution >= 4 is 29.1 Å². The van der Waals surface area contributed by atoms with Gasteiger partial charge in [-0.25, -0.2) is 0 Å². The van der Waals surface area contributed by atoms with Crippen molar-refractivity contribution in [2.45, 2.75) is 99.5 Å². The number of aliphatic hydroxyl groups excluding tert-OH is 1. The third-order valence-corrected chi connectivity index (χ3v) is 11.3. The number of carboxylic acid groups (broad SMARTS) is 1. The van der Waals surface area contributed by atoms with Crippen molar-refractivity contribution in [2.24, 2.45) is 45.3 Å². The molecular formula is C30H42O7. The van der Waals surface area contributed by atoms with Crippen LogP contribution < -0.4 is 0 Å². The van der Waals surface area contributed by atoms with Crippen LogP contribution in [-0.4, -0.2) is 45.4 Å². The predicted molar refractivity (Wildman–Crippen MR) is 136 cm³/mol. The van der Waals surface area contributed by atoms with E-state index < -0.39 is 39.7 Å². The summed E-state index contributed by atoms with van der Waals surface area (Å²) in [7, 11) is 0. The molecule has 0 saturated heterocycles. The number of rotatable bonds is 6. The standard InChI is InChI=1S/C30H42O7/c1-15(10-17(31)11-16(2)26(36)37)18-12-23(35)30(7)25-19(32)13-21-27(3,4)22(34)8-9-28(21,5)24(25)20(33)14-29(18,30)6/h15-16,18-19,21,32H,8-14H2,1-7H3,(H,36,37)/t15-,16+,18+,19-,21-,28-,29+,30-/m0/s1. The number of allylic oxidation sites excluding steroid dienone is 1. The Morgan fingerprint density at radius 2 is 1.62 bits per heavy atom. The number of hydrogen-bond donors (Lipinski definition) is 2. The number of aliphatic carboxylic acids is 1. The molecule has 2 saturated carbocycles. The van der Waals surface area contributed by atoms with Crippen molar-refractivity contribution in [1.82, 2.24) is 0 Å². The van der Waals surface area contributed by atoms with Crippen molar-refractivity contribution in [3.63, 3.8) is 0 Å². The van der Waals surface area contributed by atoms with Crippen molar-refractivity contribution in [2.75, 3.05) is 0 Å². The van der Waals surface area contributed by atoms with E-state index >= 15 is 0 Å². The summed E-state index contributed by atoms with van der Waals surface area (Å²) in [5, 5.41) is 20.7. The fourth-order valence-corrected chi connectivity index (χ4v) is 8.93. The molecule has 2 N–H and O–H groups in total. The Morgan fingerprint density at radius 3 is 2.22 bits per heavy atom. The zero-order valence-electron chi connectivity index (χ0n) is 23.3. The first-order chi connectivity index (χ1) is 16.9. The van der Waals surface area contributed by atoms with Crippen LogP contribution in [0.1, 0.15) is 93.4 Å². The summed E-state index contributed by atoms with van der Waals surface area (Å²) in [5.74, 6) is -2.49. The minimum Gasteiger partial charge on any atom is -0.481 e. The van der Waals surface area contributed by atoms with Gasteiger partial charge in [0.1, 0.15) is 17.3 Å². The number of hydrogen-bond acceptors (Lipinski definition) is 6. The second-order valence-electron chi connectivity index (χ2n) is 13.7. The molecule has 0 aromatic carbocycles. The van der Waals surface area contributed by atoms with Crippen LogP contribution in [0.15, 0.2) is 11.1 Å². The molecule has 0 unspecified atom stereocenters. The number of carboxylic acids is 1. The van der Waals surface area contributed by atoms with Gasteiger partial charge in [-0.15, -0.1) is 0 Å². The van der Waals surface area contributed by atoms with E-state index in [0.29, 0.717) is 30.4 Å². The third kappa shape index (κ3) is 3.74. The van der Waals surface area contributed by atoms with Gasteiger partial charge in [-0.05, 0) is 48.5 Å². The number of carbonyl (C=O) groups excluding carboxylic acids is 4. The Labute approximate surface area is 219 Å². The van der Waals surface area contributed by atoms with Gasteiger partial charge >= 0.3 is 5.97 Å². The molecule has 0 spiro atoms. The molecule has 204 valence electrons. The van der Waals surface area contributed by atoms with Gasteiger partial charge in [0.05, 0.1) is 17.4 Å². The molecular weight excluding hydrogens is 472 g/mol. The lowest BCUT2D eigenvalue weighted by atomic mass is 9.42. The second-order valence-corrected chi connectivity index (χ2v) is 13.7. The van der Waals surface area contributed by atoms with E-state index in [-0.39, 0.29) is 66.6 Å². The van der Waals surface area contributed by atoms with Gasteiger partial charge in [-0.3, -0.25) is 24.0 Å². The smallest absolute Gasteiger partial charge is 0.306 e. The summed E-state index contributed by atoms with van der Waals surface area (Å²) in [6.45, 7) is 13.1. The summed E-state index contributed by atoms with van der Waals surface area (Å²) < 4.78 is 0. The zero-order chi connectivity index (χ0) is 27.9. The maximum atomic E-state index is 14.0. The number of Topliss-reactive ketones (excluding diaryl/α,β-unsaturated/α-hetero) is 4. The summed E-state index contributed by atoms with van der Waals surface area (Å²) in [6.07, 6.45) is 0.736. The molecule has 0 amide bonds.